The highest BCUT2D eigenvalue weighted by molar-refractivity contribution is 6.05. The van der Waals surface area contributed by atoms with E-state index < -0.39 is 6.10 Å². The topological polar surface area (TPSA) is 51.1 Å². The van der Waals surface area contributed by atoms with Crippen molar-refractivity contribution in [2.75, 3.05) is 26.3 Å². The Labute approximate surface area is 118 Å². The van der Waals surface area contributed by atoms with E-state index in [1.54, 1.807) is 4.90 Å². The summed E-state index contributed by atoms with van der Waals surface area (Å²) in [5, 5.41) is 4.12. The van der Waals surface area contributed by atoms with Crippen molar-refractivity contribution >= 4 is 11.6 Å². The van der Waals surface area contributed by atoms with E-state index >= 15 is 0 Å². The van der Waals surface area contributed by atoms with Gasteiger partial charge in [0.05, 0.1) is 24.8 Å². The van der Waals surface area contributed by atoms with Crippen LogP contribution in [0.2, 0.25) is 0 Å². The Balaban J connectivity index is 1.71. The van der Waals surface area contributed by atoms with Crippen LogP contribution in [-0.4, -0.2) is 48.9 Å². The fourth-order valence-corrected chi connectivity index (χ4v) is 2.58. The minimum atomic E-state index is -0.511. The van der Waals surface area contributed by atoms with Crippen LogP contribution in [0.5, 0.6) is 0 Å². The number of carbonyl (C=O) groups is 1. The van der Waals surface area contributed by atoms with Crippen molar-refractivity contribution in [3.05, 3.63) is 35.9 Å². The van der Waals surface area contributed by atoms with E-state index in [0.717, 1.165) is 11.3 Å². The average Bonchev–Trinajstić information content (AvgIpc) is 2.90. The first-order chi connectivity index (χ1) is 9.77. The second kappa shape index (κ2) is 5.63. The molecule has 0 saturated carbocycles. The molecule has 1 amide bonds. The third-order valence-corrected chi connectivity index (χ3v) is 3.79. The molecule has 1 aromatic rings. The van der Waals surface area contributed by atoms with Crippen molar-refractivity contribution in [3.63, 3.8) is 0 Å². The van der Waals surface area contributed by atoms with E-state index in [-0.39, 0.29) is 11.8 Å². The van der Waals surface area contributed by atoms with Gasteiger partial charge in [0.1, 0.15) is 0 Å². The molecule has 0 unspecified atom stereocenters. The highest BCUT2D eigenvalue weighted by Crippen LogP contribution is 2.24. The Hall–Kier alpha value is -1.88. The Morgan fingerprint density at radius 2 is 1.95 bits per heavy atom. The van der Waals surface area contributed by atoms with Crippen molar-refractivity contribution < 1.29 is 14.4 Å². The number of hydrogen-bond acceptors (Lipinski definition) is 4. The lowest BCUT2D eigenvalue weighted by atomic mass is 9.93. The Bertz CT molecular complexity index is 509. The quantitative estimate of drug-likeness (QED) is 0.816. The summed E-state index contributed by atoms with van der Waals surface area (Å²) >= 11 is 0. The summed E-state index contributed by atoms with van der Waals surface area (Å²) in [6.07, 6.45) is -0.511. The minimum Gasteiger partial charge on any atom is -0.381 e. The van der Waals surface area contributed by atoms with E-state index in [1.165, 1.54) is 0 Å². The summed E-state index contributed by atoms with van der Waals surface area (Å²) in [4.78, 5) is 19.7. The van der Waals surface area contributed by atoms with Crippen LogP contribution >= 0.6 is 0 Å². The molecule has 3 rings (SSSR count). The van der Waals surface area contributed by atoms with Crippen LogP contribution in [0.25, 0.3) is 0 Å². The van der Waals surface area contributed by atoms with E-state index in [1.807, 2.05) is 37.3 Å². The van der Waals surface area contributed by atoms with Crippen LogP contribution < -0.4 is 0 Å². The Morgan fingerprint density at radius 1 is 1.25 bits per heavy atom. The molecule has 2 aliphatic rings. The molecule has 0 spiro atoms. The molecular weight excluding hydrogens is 256 g/mol. The summed E-state index contributed by atoms with van der Waals surface area (Å²) in [5.74, 6) is -0.0248. The van der Waals surface area contributed by atoms with Crippen LogP contribution in [0.1, 0.15) is 12.5 Å². The van der Waals surface area contributed by atoms with E-state index in [9.17, 15) is 4.79 Å². The van der Waals surface area contributed by atoms with Crippen molar-refractivity contribution in [1.29, 1.82) is 0 Å². The van der Waals surface area contributed by atoms with Gasteiger partial charge in [-0.1, -0.05) is 42.4 Å². The summed E-state index contributed by atoms with van der Waals surface area (Å²) in [7, 11) is 0. The van der Waals surface area contributed by atoms with Crippen molar-refractivity contribution in [3.8, 4) is 0 Å². The molecular formula is C15H18N2O3. The molecule has 2 heterocycles. The largest absolute Gasteiger partial charge is 0.381 e. The van der Waals surface area contributed by atoms with Crippen molar-refractivity contribution in [2.45, 2.75) is 13.0 Å². The third kappa shape index (κ3) is 2.41. The first kappa shape index (κ1) is 13.1. The Kier molecular flexibility index (Phi) is 3.69. The van der Waals surface area contributed by atoms with Crippen LogP contribution in [-0.2, 0) is 14.4 Å². The van der Waals surface area contributed by atoms with Gasteiger partial charge in [0, 0.05) is 13.1 Å². The van der Waals surface area contributed by atoms with Gasteiger partial charge in [-0.3, -0.25) is 4.79 Å². The van der Waals surface area contributed by atoms with Gasteiger partial charge in [-0.15, -0.1) is 0 Å². The molecule has 0 bridgehead atoms. The lowest BCUT2D eigenvalue weighted by Gasteiger charge is -2.29. The monoisotopic (exact) mass is 274 g/mol. The van der Waals surface area contributed by atoms with Gasteiger partial charge < -0.3 is 14.5 Å². The molecule has 20 heavy (non-hydrogen) atoms. The second-order valence-corrected chi connectivity index (χ2v) is 5.09. The number of oxime groups is 1. The molecule has 0 radical (unpaired) electrons. The molecule has 5 nitrogen and oxygen atoms in total. The fraction of sp³-hybridized carbons (Fsp3) is 0.467. The zero-order valence-electron chi connectivity index (χ0n) is 11.5. The van der Waals surface area contributed by atoms with Gasteiger partial charge in [0.15, 0.2) is 0 Å². The maximum atomic E-state index is 12.5. The predicted octanol–water partition coefficient (Wildman–Crippen LogP) is 1.28. The normalized spacial score (nSPS) is 26.1. The first-order valence-corrected chi connectivity index (χ1v) is 6.93. The van der Waals surface area contributed by atoms with Gasteiger partial charge in [-0.05, 0) is 5.56 Å². The standard InChI is InChI=1S/C15H18N2O3/c1-11-13(12-5-3-2-4-6-12)16-20-14(11)15(18)17-7-9-19-10-8-17/h2-6,11,14H,7-10H2,1H3/t11-,14-/m1/s1. The van der Waals surface area contributed by atoms with E-state index in [4.69, 9.17) is 9.57 Å². The predicted molar refractivity (Wildman–Crippen MR) is 74.4 cm³/mol. The molecule has 0 N–H and O–H groups in total. The van der Waals surface area contributed by atoms with Crippen LogP contribution in [0, 0.1) is 5.92 Å². The average molecular weight is 274 g/mol. The molecule has 0 aliphatic carbocycles. The van der Waals surface area contributed by atoms with E-state index in [0.29, 0.717) is 26.3 Å². The summed E-state index contributed by atoms with van der Waals surface area (Å²) in [6.45, 7) is 4.44. The van der Waals surface area contributed by atoms with Crippen LogP contribution in [0.4, 0.5) is 0 Å². The highest BCUT2D eigenvalue weighted by atomic mass is 16.6. The molecule has 5 heteroatoms. The van der Waals surface area contributed by atoms with Crippen LogP contribution in [0.15, 0.2) is 35.5 Å². The smallest absolute Gasteiger partial charge is 0.267 e. The number of ether oxygens (including phenoxy) is 1. The minimum absolute atomic E-state index is 0.00970. The lowest BCUT2D eigenvalue weighted by molar-refractivity contribution is -0.147. The summed E-state index contributed by atoms with van der Waals surface area (Å²) in [6, 6.07) is 9.85. The summed E-state index contributed by atoms with van der Waals surface area (Å²) in [5.41, 5.74) is 1.86. The molecule has 2 atom stereocenters. The Morgan fingerprint density at radius 3 is 2.65 bits per heavy atom. The van der Waals surface area contributed by atoms with Crippen molar-refractivity contribution in [2.24, 2.45) is 11.1 Å². The van der Waals surface area contributed by atoms with Gasteiger partial charge >= 0.3 is 0 Å². The fourth-order valence-electron chi connectivity index (χ4n) is 2.58. The van der Waals surface area contributed by atoms with Gasteiger partial charge in [-0.2, -0.15) is 0 Å². The number of benzene rings is 1. The second-order valence-electron chi connectivity index (χ2n) is 5.09. The SMILES string of the molecule is C[C@@H]1C(c2ccccc2)=NO[C@H]1C(=O)N1CCOCC1. The number of carbonyl (C=O) groups excluding carboxylic acids is 1. The number of amides is 1. The number of nitrogens with zero attached hydrogens (tertiary/aromatic N) is 2. The zero-order valence-corrected chi connectivity index (χ0v) is 11.5. The maximum absolute atomic E-state index is 12.5. The molecule has 106 valence electrons. The molecule has 2 aliphatic heterocycles. The van der Waals surface area contributed by atoms with Crippen LogP contribution in [0.3, 0.4) is 0 Å². The van der Waals surface area contributed by atoms with Gasteiger partial charge in [0.2, 0.25) is 6.10 Å². The van der Waals surface area contributed by atoms with Gasteiger partial charge in [-0.25, -0.2) is 0 Å². The lowest BCUT2D eigenvalue weighted by Crippen LogP contribution is -2.47. The number of morpholine rings is 1. The third-order valence-electron chi connectivity index (χ3n) is 3.79. The number of hydrogen-bond donors (Lipinski definition) is 0. The van der Waals surface area contributed by atoms with E-state index in [2.05, 4.69) is 5.16 Å². The molecule has 1 aromatic carbocycles. The molecule has 1 fully saturated rings. The first-order valence-electron chi connectivity index (χ1n) is 6.93. The van der Waals surface area contributed by atoms with Gasteiger partial charge in [0.25, 0.3) is 5.91 Å². The number of rotatable bonds is 2. The summed E-state index contributed by atoms with van der Waals surface area (Å²) < 4.78 is 5.27. The van der Waals surface area contributed by atoms with Crippen molar-refractivity contribution in [1.82, 2.24) is 4.90 Å². The molecule has 0 aromatic heterocycles. The maximum Gasteiger partial charge on any atom is 0.267 e. The highest BCUT2D eigenvalue weighted by Gasteiger charge is 2.39. The molecule has 1 saturated heterocycles. The zero-order chi connectivity index (χ0) is 13.9.